The van der Waals surface area contributed by atoms with Crippen LogP contribution in [0.4, 0.5) is 0 Å². The lowest BCUT2D eigenvalue weighted by atomic mass is 10.2. The molecule has 4 nitrogen and oxygen atoms in total. The Labute approximate surface area is 132 Å². The van der Waals surface area contributed by atoms with E-state index in [1.165, 1.54) is 30.5 Å². The summed E-state index contributed by atoms with van der Waals surface area (Å²) in [7, 11) is 0. The van der Waals surface area contributed by atoms with Crippen LogP contribution < -0.4 is 4.84 Å². The molecular formula is C15H13Cl2NO3. The lowest BCUT2D eigenvalue weighted by molar-refractivity contribution is 0.0697. The van der Waals surface area contributed by atoms with Crippen molar-refractivity contribution < 1.29 is 14.7 Å². The van der Waals surface area contributed by atoms with Crippen LogP contribution in [0, 0.1) is 0 Å². The number of halogens is 2. The quantitative estimate of drug-likeness (QED) is 0.652. The van der Waals surface area contributed by atoms with Crippen molar-refractivity contribution in [2.24, 2.45) is 5.16 Å². The lowest BCUT2D eigenvalue weighted by Crippen LogP contribution is -1.95. The van der Waals surface area contributed by atoms with E-state index in [1.807, 2.05) is 0 Å². The highest BCUT2D eigenvalue weighted by Gasteiger charge is 2.03. The first kappa shape index (κ1) is 17.0. The summed E-state index contributed by atoms with van der Waals surface area (Å²) in [5.41, 5.74) is 0.730. The summed E-state index contributed by atoms with van der Waals surface area (Å²) < 4.78 is 0. The monoisotopic (exact) mass is 325 g/mol. The standard InChI is InChI=1S/C14H9Cl2NO3.CH4/c15-12-2-1-3-13(16)11(12)8-17-20-10-6-4-9(5-7-10)14(18)19;/h1-8H,(H,18,19);1H4/b17-8+;. The summed E-state index contributed by atoms with van der Waals surface area (Å²) in [6.07, 6.45) is 1.40. The number of carboxylic acids is 1. The van der Waals surface area contributed by atoms with Gasteiger partial charge in [-0.2, -0.15) is 0 Å². The van der Waals surface area contributed by atoms with Crippen LogP contribution in [-0.2, 0) is 0 Å². The maximum atomic E-state index is 10.7. The molecule has 0 saturated heterocycles. The Morgan fingerprint density at radius 1 is 1.10 bits per heavy atom. The predicted octanol–water partition coefficient (Wildman–Crippen LogP) is 4.74. The van der Waals surface area contributed by atoms with Crippen molar-refractivity contribution in [3.05, 3.63) is 63.6 Å². The van der Waals surface area contributed by atoms with Crippen LogP contribution >= 0.6 is 23.2 Å². The van der Waals surface area contributed by atoms with Gasteiger partial charge in [-0.05, 0) is 36.4 Å². The first-order chi connectivity index (χ1) is 9.58. The third kappa shape index (κ3) is 4.48. The highest BCUT2D eigenvalue weighted by atomic mass is 35.5. The van der Waals surface area contributed by atoms with Crippen molar-refractivity contribution in [2.45, 2.75) is 7.43 Å². The molecule has 0 aliphatic heterocycles. The second-order valence-electron chi connectivity index (χ2n) is 3.79. The molecule has 0 bridgehead atoms. The molecule has 1 N–H and O–H groups in total. The van der Waals surface area contributed by atoms with Gasteiger partial charge in [-0.1, -0.05) is 41.9 Å². The minimum Gasteiger partial charge on any atom is -0.478 e. The molecule has 0 aliphatic rings. The maximum absolute atomic E-state index is 10.7. The zero-order valence-electron chi connectivity index (χ0n) is 10.1. The van der Waals surface area contributed by atoms with Crippen molar-refractivity contribution in [2.75, 3.05) is 0 Å². The molecule has 0 saturated carbocycles. The van der Waals surface area contributed by atoms with Crippen LogP contribution in [0.5, 0.6) is 5.75 Å². The molecule has 6 heteroatoms. The molecule has 0 aliphatic carbocycles. The van der Waals surface area contributed by atoms with Crippen LogP contribution in [0.3, 0.4) is 0 Å². The van der Waals surface area contributed by atoms with E-state index in [1.54, 1.807) is 18.2 Å². The topological polar surface area (TPSA) is 58.9 Å². The maximum Gasteiger partial charge on any atom is 0.335 e. The second-order valence-corrected chi connectivity index (χ2v) is 4.61. The van der Waals surface area contributed by atoms with Gasteiger partial charge < -0.3 is 9.94 Å². The number of carboxylic acid groups (broad SMARTS) is 1. The lowest BCUT2D eigenvalue weighted by Gasteiger charge is -2.01. The SMILES string of the molecule is C.O=C(O)c1ccc(O/N=C/c2c(Cl)cccc2Cl)cc1. The Bertz CT molecular complexity index is 634. The smallest absolute Gasteiger partial charge is 0.335 e. The molecule has 2 aromatic carbocycles. The van der Waals surface area contributed by atoms with Gasteiger partial charge >= 0.3 is 5.97 Å². The Balaban J connectivity index is 0.00000220. The molecule has 0 heterocycles. The Morgan fingerprint density at radius 3 is 2.19 bits per heavy atom. The van der Waals surface area contributed by atoms with Crippen LogP contribution in [-0.4, -0.2) is 17.3 Å². The van der Waals surface area contributed by atoms with E-state index in [-0.39, 0.29) is 13.0 Å². The molecule has 0 radical (unpaired) electrons. The van der Waals surface area contributed by atoms with Gasteiger partial charge in [0.2, 0.25) is 0 Å². The van der Waals surface area contributed by atoms with E-state index in [0.29, 0.717) is 21.4 Å². The van der Waals surface area contributed by atoms with Crippen LogP contribution in [0.2, 0.25) is 10.0 Å². The summed E-state index contributed by atoms with van der Waals surface area (Å²) in [6, 6.07) is 11.0. The third-order valence-electron chi connectivity index (χ3n) is 2.44. The number of hydrogen-bond acceptors (Lipinski definition) is 3. The van der Waals surface area contributed by atoms with E-state index < -0.39 is 5.97 Å². The molecule has 0 amide bonds. The van der Waals surface area contributed by atoms with Crippen molar-refractivity contribution in [1.29, 1.82) is 0 Å². The molecule has 0 fully saturated rings. The highest BCUT2D eigenvalue weighted by Crippen LogP contribution is 2.22. The number of aromatic carboxylic acids is 1. The minimum atomic E-state index is -0.997. The first-order valence-corrected chi connectivity index (χ1v) is 6.31. The van der Waals surface area contributed by atoms with Gasteiger partial charge in [0.05, 0.1) is 21.8 Å². The molecule has 0 unspecified atom stereocenters. The number of nitrogens with zero attached hydrogens (tertiary/aromatic N) is 1. The largest absolute Gasteiger partial charge is 0.478 e. The molecule has 21 heavy (non-hydrogen) atoms. The van der Waals surface area contributed by atoms with Crippen molar-refractivity contribution in [3.63, 3.8) is 0 Å². The van der Waals surface area contributed by atoms with Gasteiger partial charge in [0.15, 0.2) is 5.75 Å². The number of hydrogen-bond donors (Lipinski definition) is 1. The second kappa shape index (κ2) is 7.67. The van der Waals surface area contributed by atoms with Crippen molar-refractivity contribution in [3.8, 4) is 5.75 Å². The fourth-order valence-electron chi connectivity index (χ4n) is 1.43. The molecule has 0 atom stereocenters. The Kier molecular flexibility index (Phi) is 6.21. The van der Waals surface area contributed by atoms with E-state index in [0.717, 1.165) is 0 Å². The molecule has 2 rings (SSSR count). The van der Waals surface area contributed by atoms with Gasteiger partial charge in [-0.15, -0.1) is 0 Å². The van der Waals surface area contributed by atoms with E-state index in [4.69, 9.17) is 33.1 Å². The molecule has 0 spiro atoms. The minimum absolute atomic E-state index is 0. The zero-order valence-corrected chi connectivity index (χ0v) is 11.6. The molecule has 110 valence electrons. The van der Waals surface area contributed by atoms with Gasteiger partial charge in [-0.25, -0.2) is 4.79 Å². The summed E-state index contributed by atoms with van der Waals surface area (Å²) in [6.45, 7) is 0. The molecule has 0 aromatic heterocycles. The van der Waals surface area contributed by atoms with Gasteiger partial charge in [0, 0.05) is 5.56 Å². The Morgan fingerprint density at radius 2 is 1.67 bits per heavy atom. The van der Waals surface area contributed by atoms with Gasteiger partial charge in [0.1, 0.15) is 0 Å². The van der Waals surface area contributed by atoms with Crippen molar-refractivity contribution in [1.82, 2.24) is 0 Å². The fraction of sp³-hybridized carbons (Fsp3) is 0.0667. The number of rotatable bonds is 4. The van der Waals surface area contributed by atoms with E-state index in [2.05, 4.69) is 5.16 Å². The van der Waals surface area contributed by atoms with E-state index in [9.17, 15) is 4.79 Å². The van der Waals surface area contributed by atoms with Crippen LogP contribution in [0.15, 0.2) is 47.6 Å². The first-order valence-electron chi connectivity index (χ1n) is 5.55. The van der Waals surface area contributed by atoms with E-state index >= 15 is 0 Å². The van der Waals surface area contributed by atoms with Crippen molar-refractivity contribution >= 4 is 35.4 Å². The number of oxime groups is 1. The van der Waals surface area contributed by atoms with Gasteiger partial charge in [-0.3, -0.25) is 0 Å². The zero-order chi connectivity index (χ0) is 14.5. The predicted molar refractivity (Wildman–Crippen MR) is 84.8 cm³/mol. The summed E-state index contributed by atoms with van der Waals surface area (Å²) in [5, 5.41) is 13.5. The van der Waals surface area contributed by atoms with Crippen LogP contribution in [0.1, 0.15) is 23.3 Å². The molecule has 2 aromatic rings. The normalized spacial score (nSPS) is 10.2. The number of benzene rings is 2. The third-order valence-corrected chi connectivity index (χ3v) is 3.10. The summed E-state index contributed by atoms with van der Waals surface area (Å²) in [5.74, 6) is -0.586. The average Bonchev–Trinajstić information content (AvgIpc) is 2.42. The summed E-state index contributed by atoms with van der Waals surface area (Å²) in [4.78, 5) is 15.8. The average molecular weight is 326 g/mol. The summed E-state index contributed by atoms with van der Waals surface area (Å²) >= 11 is 11.9. The number of carbonyl (C=O) groups is 1. The fourth-order valence-corrected chi connectivity index (χ4v) is 1.93. The van der Waals surface area contributed by atoms with Gasteiger partial charge in [0.25, 0.3) is 0 Å². The highest BCUT2D eigenvalue weighted by molar-refractivity contribution is 6.38. The molecular weight excluding hydrogens is 313 g/mol. The van der Waals surface area contributed by atoms with Crippen LogP contribution in [0.25, 0.3) is 0 Å². The Hall–Kier alpha value is -2.04.